The fraction of sp³-hybridized carbons (Fsp3) is 0.238. The van der Waals surface area contributed by atoms with Crippen LogP contribution in [0.25, 0.3) is 5.69 Å². The molecule has 0 aliphatic heterocycles. The minimum absolute atomic E-state index is 0.152. The first-order valence-electron chi connectivity index (χ1n) is 9.35. The van der Waals surface area contributed by atoms with E-state index in [-0.39, 0.29) is 34.9 Å². The van der Waals surface area contributed by atoms with Crippen LogP contribution >= 0.6 is 0 Å². The van der Waals surface area contributed by atoms with Gasteiger partial charge in [0.15, 0.2) is 5.69 Å². The van der Waals surface area contributed by atoms with Gasteiger partial charge in [0.1, 0.15) is 5.82 Å². The standard InChI is InChI=1S/C21H23FN4O3S/c1-15(2)25(3)30(28,29)19-9-7-16(8-10-19)14-23-21(27)20-11-12-26(24-20)18-6-4-5-17(22)13-18/h4-13,15H,14H2,1-3H3,(H,23,27). The normalized spacial score (nSPS) is 11.8. The molecule has 0 radical (unpaired) electrons. The fourth-order valence-corrected chi connectivity index (χ4v) is 4.07. The summed E-state index contributed by atoms with van der Waals surface area (Å²) in [6.45, 7) is 3.82. The lowest BCUT2D eigenvalue weighted by atomic mass is 10.2. The Bertz CT molecular complexity index is 1140. The summed E-state index contributed by atoms with van der Waals surface area (Å²) in [5.41, 5.74) is 1.45. The van der Waals surface area contributed by atoms with E-state index in [1.165, 1.54) is 46.4 Å². The van der Waals surface area contributed by atoms with Crippen LogP contribution in [0.1, 0.15) is 29.9 Å². The first-order valence-corrected chi connectivity index (χ1v) is 10.8. The summed E-state index contributed by atoms with van der Waals surface area (Å²) < 4.78 is 41.1. The van der Waals surface area contributed by atoms with E-state index in [1.54, 1.807) is 44.3 Å². The molecule has 1 heterocycles. The molecule has 0 aliphatic rings. The van der Waals surface area contributed by atoms with Crippen LogP contribution < -0.4 is 5.32 Å². The van der Waals surface area contributed by atoms with Crippen molar-refractivity contribution in [2.24, 2.45) is 0 Å². The van der Waals surface area contributed by atoms with Gasteiger partial charge in [0.05, 0.1) is 10.6 Å². The number of carbonyl (C=O) groups is 1. The van der Waals surface area contributed by atoms with Crippen molar-refractivity contribution in [2.45, 2.75) is 31.3 Å². The summed E-state index contributed by atoms with van der Waals surface area (Å²) in [5.74, 6) is -0.777. The number of halogens is 1. The molecule has 9 heteroatoms. The number of nitrogens with zero attached hydrogens (tertiary/aromatic N) is 3. The van der Waals surface area contributed by atoms with E-state index in [0.717, 1.165) is 5.56 Å². The third kappa shape index (κ3) is 4.74. The topological polar surface area (TPSA) is 84.3 Å². The summed E-state index contributed by atoms with van der Waals surface area (Å²) in [6, 6.07) is 13.7. The van der Waals surface area contributed by atoms with Gasteiger partial charge in [-0.2, -0.15) is 9.40 Å². The molecule has 0 spiro atoms. The van der Waals surface area contributed by atoms with E-state index in [4.69, 9.17) is 0 Å². The number of benzene rings is 2. The highest BCUT2D eigenvalue weighted by molar-refractivity contribution is 7.89. The maximum absolute atomic E-state index is 13.4. The summed E-state index contributed by atoms with van der Waals surface area (Å²) in [6.07, 6.45) is 1.58. The number of carbonyl (C=O) groups excluding carboxylic acids is 1. The van der Waals surface area contributed by atoms with Crippen molar-refractivity contribution in [3.63, 3.8) is 0 Å². The molecule has 0 atom stereocenters. The van der Waals surface area contributed by atoms with Crippen molar-refractivity contribution >= 4 is 15.9 Å². The monoisotopic (exact) mass is 430 g/mol. The van der Waals surface area contributed by atoms with Gasteiger partial charge in [-0.25, -0.2) is 17.5 Å². The Morgan fingerprint density at radius 2 is 1.87 bits per heavy atom. The lowest BCUT2D eigenvalue weighted by molar-refractivity contribution is 0.0945. The van der Waals surface area contributed by atoms with Gasteiger partial charge in [-0.3, -0.25) is 4.79 Å². The van der Waals surface area contributed by atoms with Crippen molar-refractivity contribution in [1.29, 1.82) is 0 Å². The second-order valence-electron chi connectivity index (χ2n) is 7.07. The van der Waals surface area contributed by atoms with Gasteiger partial charge in [-0.1, -0.05) is 18.2 Å². The minimum Gasteiger partial charge on any atom is -0.347 e. The molecule has 0 unspecified atom stereocenters. The van der Waals surface area contributed by atoms with Gasteiger partial charge in [0, 0.05) is 25.8 Å². The zero-order valence-corrected chi connectivity index (χ0v) is 17.7. The Balaban J connectivity index is 1.64. The van der Waals surface area contributed by atoms with Gasteiger partial charge < -0.3 is 5.32 Å². The minimum atomic E-state index is -3.55. The fourth-order valence-electron chi connectivity index (χ4n) is 2.70. The molecule has 0 fully saturated rings. The van der Waals surface area contributed by atoms with E-state index in [1.807, 2.05) is 0 Å². The second kappa shape index (κ2) is 8.76. The van der Waals surface area contributed by atoms with Crippen molar-refractivity contribution in [3.05, 3.63) is 77.9 Å². The zero-order valence-electron chi connectivity index (χ0n) is 16.9. The lowest BCUT2D eigenvalue weighted by Crippen LogP contribution is -2.33. The smallest absolute Gasteiger partial charge is 0.272 e. The highest BCUT2D eigenvalue weighted by atomic mass is 32.2. The van der Waals surface area contributed by atoms with Gasteiger partial charge in [-0.05, 0) is 55.8 Å². The Morgan fingerprint density at radius 3 is 2.50 bits per heavy atom. The number of rotatable bonds is 7. The number of hydrogen-bond acceptors (Lipinski definition) is 4. The van der Waals surface area contributed by atoms with Crippen LogP contribution in [0, 0.1) is 5.82 Å². The SMILES string of the molecule is CC(C)N(C)S(=O)(=O)c1ccc(CNC(=O)c2ccn(-c3cccc(F)c3)n2)cc1. The van der Waals surface area contributed by atoms with Gasteiger partial charge in [0.25, 0.3) is 5.91 Å². The van der Waals surface area contributed by atoms with E-state index in [2.05, 4.69) is 10.4 Å². The van der Waals surface area contributed by atoms with Crippen LogP contribution in [0.2, 0.25) is 0 Å². The van der Waals surface area contributed by atoms with E-state index < -0.39 is 10.0 Å². The number of amides is 1. The maximum atomic E-state index is 13.4. The number of hydrogen-bond donors (Lipinski definition) is 1. The number of sulfonamides is 1. The first-order chi connectivity index (χ1) is 14.2. The Kier molecular flexibility index (Phi) is 6.33. The molecular formula is C21H23FN4O3S. The highest BCUT2D eigenvalue weighted by Crippen LogP contribution is 2.17. The molecule has 1 amide bonds. The quantitative estimate of drug-likeness (QED) is 0.625. The van der Waals surface area contributed by atoms with Gasteiger partial charge in [-0.15, -0.1) is 0 Å². The van der Waals surface area contributed by atoms with Crippen molar-refractivity contribution < 1.29 is 17.6 Å². The maximum Gasteiger partial charge on any atom is 0.272 e. The third-order valence-corrected chi connectivity index (χ3v) is 6.72. The molecule has 0 saturated heterocycles. The van der Waals surface area contributed by atoms with Crippen LogP contribution in [-0.4, -0.2) is 41.5 Å². The average molecular weight is 431 g/mol. The van der Waals surface area contributed by atoms with Crippen LogP contribution in [0.4, 0.5) is 4.39 Å². The first kappa shape index (κ1) is 21.7. The second-order valence-corrected chi connectivity index (χ2v) is 9.06. The predicted molar refractivity (Wildman–Crippen MR) is 111 cm³/mol. The van der Waals surface area contributed by atoms with Crippen LogP contribution in [0.5, 0.6) is 0 Å². The molecule has 1 N–H and O–H groups in total. The molecule has 0 bridgehead atoms. The Labute approximate surface area is 175 Å². The Morgan fingerprint density at radius 1 is 1.17 bits per heavy atom. The molecule has 3 rings (SSSR count). The zero-order chi connectivity index (χ0) is 21.9. The van der Waals surface area contributed by atoms with E-state index in [9.17, 15) is 17.6 Å². The van der Waals surface area contributed by atoms with E-state index >= 15 is 0 Å². The molecule has 1 aromatic heterocycles. The average Bonchev–Trinajstić information content (AvgIpc) is 3.22. The summed E-state index contributed by atoms with van der Waals surface area (Å²) in [7, 11) is -2.01. The molecule has 2 aromatic carbocycles. The van der Waals surface area contributed by atoms with Crippen LogP contribution in [-0.2, 0) is 16.6 Å². The number of nitrogens with one attached hydrogen (secondary N) is 1. The van der Waals surface area contributed by atoms with Gasteiger partial charge in [0.2, 0.25) is 10.0 Å². The summed E-state index contributed by atoms with van der Waals surface area (Å²) in [4.78, 5) is 12.6. The number of aromatic nitrogens is 2. The largest absolute Gasteiger partial charge is 0.347 e. The van der Waals surface area contributed by atoms with Crippen molar-refractivity contribution in [1.82, 2.24) is 19.4 Å². The molecule has 158 valence electrons. The molecule has 0 saturated carbocycles. The Hall–Kier alpha value is -3.04. The molecule has 30 heavy (non-hydrogen) atoms. The van der Waals surface area contributed by atoms with Crippen LogP contribution in [0.3, 0.4) is 0 Å². The summed E-state index contributed by atoms with van der Waals surface area (Å²) in [5, 5.41) is 6.91. The third-order valence-electron chi connectivity index (χ3n) is 4.68. The molecular weight excluding hydrogens is 407 g/mol. The van der Waals surface area contributed by atoms with Crippen molar-refractivity contribution in [3.8, 4) is 5.69 Å². The van der Waals surface area contributed by atoms with Crippen LogP contribution in [0.15, 0.2) is 65.7 Å². The highest BCUT2D eigenvalue weighted by Gasteiger charge is 2.22. The molecule has 7 nitrogen and oxygen atoms in total. The molecule has 3 aromatic rings. The predicted octanol–water partition coefficient (Wildman–Crippen LogP) is 2.97. The summed E-state index contributed by atoms with van der Waals surface area (Å²) >= 11 is 0. The van der Waals surface area contributed by atoms with Crippen molar-refractivity contribution in [2.75, 3.05) is 7.05 Å². The molecule has 0 aliphatic carbocycles. The lowest BCUT2D eigenvalue weighted by Gasteiger charge is -2.21. The van der Waals surface area contributed by atoms with E-state index in [0.29, 0.717) is 5.69 Å². The van der Waals surface area contributed by atoms with Gasteiger partial charge >= 0.3 is 0 Å².